The van der Waals surface area contributed by atoms with Crippen LogP contribution in [0.3, 0.4) is 0 Å². The monoisotopic (exact) mass is 280 g/mol. The standard InChI is InChI=1S/C14H20N2O4/c1-19-11-4-2-3-10(7-11)12(17)8-16-14(18)13-9-15-5-6-20-13/h2-4,7,12-13,15,17H,5-6,8-9H2,1H3,(H,16,18)/t12-,13+/m0/s1. The van der Waals surface area contributed by atoms with Gasteiger partial charge in [0.1, 0.15) is 11.9 Å². The largest absolute Gasteiger partial charge is 0.497 e. The van der Waals surface area contributed by atoms with Gasteiger partial charge < -0.3 is 25.2 Å². The van der Waals surface area contributed by atoms with E-state index in [-0.39, 0.29) is 12.5 Å². The lowest BCUT2D eigenvalue weighted by Crippen LogP contribution is -2.48. The SMILES string of the molecule is COc1cccc([C@@H](O)CNC(=O)[C@H]2CNCCO2)c1. The van der Waals surface area contributed by atoms with Crippen LogP contribution in [0.1, 0.15) is 11.7 Å². The smallest absolute Gasteiger partial charge is 0.250 e. The summed E-state index contributed by atoms with van der Waals surface area (Å²) >= 11 is 0. The molecular formula is C14H20N2O4. The lowest BCUT2D eigenvalue weighted by atomic mass is 10.1. The van der Waals surface area contributed by atoms with Gasteiger partial charge in [0.25, 0.3) is 5.91 Å². The van der Waals surface area contributed by atoms with Crippen LogP contribution < -0.4 is 15.4 Å². The van der Waals surface area contributed by atoms with E-state index in [0.717, 1.165) is 6.54 Å². The van der Waals surface area contributed by atoms with Crippen LogP contribution in [0.2, 0.25) is 0 Å². The van der Waals surface area contributed by atoms with Gasteiger partial charge in [0.05, 0.1) is 19.8 Å². The molecule has 1 heterocycles. The topological polar surface area (TPSA) is 79.8 Å². The molecule has 0 bridgehead atoms. The lowest BCUT2D eigenvalue weighted by Gasteiger charge is -2.23. The summed E-state index contributed by atoms with van der Waals surface area (Å²) in [6.45, 7) is 1.93. The van der Waals surface area contributed by atoms with Crippen molar-refractivity contribution in [1.82, 2.24) is 10.6 Å². The molecule has 1 fully saturated rings. The summed E-state index contributed by atoms with van der Waals surface area (Å²) in [5, 5.41) is 15.8. The Hall–Kier alpha value is -1.63. The van der Waals surface area contributed by atoms with Crippen LogP contribution in [0.15, 0.2) is 24.3 Å². The Balaban J connectivity index is 1.84. The zero-order valence-corrected chi connectivity index (χ0v) is 11.5. The van der Waals surface area contributed by atoms with Gasteiger partial charge in [-0.25, -0.2) is 0 Å². The minimum Gasteiger partial charge on any atom is -0.497 e. The number of benzene rings is 1. The van der Waals surface area contributed by atoms with Crippen LogP contribution in [0.4, 0.5) is 0 Å². The Morgan fingerprint density at radius 3 is 3.20 bits per heavy atom. The van der Waals surface area contributed by atoms with Crippen molar-refractivity contribution in [2.75, 3.05) is 33.4 Å². The predicted molar refractivity (Wildman–Crippen MR) is 73.6 cm³/mol. The maximum Gasteiger partial charge on any atom is 0.250 e. The Morgan fingerprint density at radius 2 is 2.50 bits per heavy atom. The zero-order valence-electron chi connectivity index (χ0n) is 11.5. The maximum absolute atomic E-state index is 11.8. The van der Waals surface area contributed by atoms with Gasteiger partial charge >= 0.3 is 0 Å². The van der Waals surface area contributed by atoms with E-state index in [0.29, 0.717) is 24.5 Å². The van der Waals surface area contributed by atoms with Crippen LogP contribution in [0, 0.1) is 0 Å². The van der Waals surface area contributed by atoms with Gasteiger partial charge in [0.2, 0.25) is 0 Å². The molecule has 2 atom stereocenters. The molecule has 0 aliphatic carbocycles. The third-order valence-electron chi connectivity index (χ3n) is 3.17. The number of aliphatic hydroxyl groups excluding tert-OH is 1. The first-order chi connectivity index (χ1) is 9.70. The fourth-order valence-electron chi connectivity index (χ4n) is 2.01. The van der Waals surface area contributed by atoms with Crippen molar-refractivity contribution in [3.63, 3.8) is 0 Å². The molecule has 6 heteroatoms. The lowest BCUT2D eigenvalue weighted by molar-refractivity contribution is -0.134. The second kappa shape index (κ2) is 7.23. The molecule has 0 aromatic heterocycles. The quantitative estimate of drug-likeness (QED) is 0.698. The fraction of sp³-hybridized carbons (Fsp3) is 0.500. The van der Waals surface area contributed by atoms with Crippen molar-refractivity contribution in [3.8, 4) is 5.75 Å². The van der Waals surface area contributed by atoms with E-state index in [1.165, 1.54) is 0 Å². The highest BCUT2D eigenvalue weighted by atomic mass is 16.5. The minimum absolute atomic E-state index is 0.145. The molecule has 0 unspecified atom stereocenters. The van der Waals surface area contributed by atoms with Crippen molar-refractivity contribution < 1.29 is 19.4 Å². The number of morpholine rings is 1. The van der Waals surface area contributed by atoms with Crippen molar-refractivity contribution in [3.05, 3.63) is 29.8 Å². The van der Waals surface area contributed by atoms with E-state index in [9.17, 15) is 9.90 Å². The number of aliphatic hydroxyl groups is 1. The van der Waals surface area contributed by atoms with E-state index >= 15 is 0 Å². The molecule has 0 saturated carbocycles. The molecular weight excluding hydrogens is 260 g/mol. The number of carbonyl (C=O) groups is 1. The number of hydrogen-bond acceptors (Lipinski definition) is 5. The molecule has 6 nitrogen and oxygen atoms in total. The molecule has 1 aromatic carbocycles. The molecule has 2 rings (SSSR count). The Labute approximate surface area is 118 Å². The number of rotatable bonds is 5. The molecule has 110 valence electrons. The molecule has 1 amide bonds. The van der Waals surface area contributed by atoms with Gasteiger partial charge in [-0.15, -0.1) is 0 Å². The van der Waals surface area contributed by atoms with Crippen LogP contribution in [0.5, 0.6) is 5.75 Å². The molecule has 1 aliphatic heterocycles. The molecule has 0 spiro atoms. The number of carbonyl (C=O) groups excluding carboxylic acids is 1. The molecule has 0 radical (unpaired) electrons. The number of hydrogen-bond donors (Lipinski definition) is 3. The Kier molecular flexibility index (Phi) is 5.34. The van der Waals surface area contributed by atoms with E-state index in [4.69, 9.17) is 9.47 Å². The van der Waals surface area contributed by atoms with Crippen LogP contribution >= 0.6 is 0 Å². The van der Waals surface area contributed by atoms with Gasteiger partial charge in [0.15, 0.2) is 0 Å². The van der Waals surface area contributed by atoms with E-state index in [1.54, 1.807) is 31.4 Å². The summed E-state index contributed by atoms with van der Waals surface area (Å²) in [6, 6.07) is 7.14. The average molecular weight is 280 g/mol. The van der Waals surface area contributed by atoms with Gasteiger partial charge in [-0.2, -0.15) is 0 Å². The fourth-order valence-corrected chi connectivity index (χ4v) is 2.01. The van der Waals surface area contributed by atoms with Crippen molar-refractivity contribution in [1.29, 1.82) is 0 Å². The second-order valence-electron chi connectivity index (χ2n) is 4.60. The van der Waals surface area contributed by atoms with Crippen LogP contribution in [-0.2, 0) is 9.53 Å². The second-order valence-corrected chi connectivity index (χ2v) is 4.60. The van der Waals surface area contributed by atoms with E-state index < -0.39 is 12.2 Å². The van der Waals surface area contributed by atoms with Crippen molar-refractivity contribution in [2.45, 2.75) is 12.2 Å². The summed E-state index contributed by atoms with van der Waals surface area (Å²) in [7, 11) is 1.57. The first-order valence-electron chi connectivity index (χ1n) is 6.62. The molecule has 3 N–H and O–H groups in total. The first kappa shape index (κ1) is 14.8. The summed E-state index contributed by atoms with van der Waals surface area (Å²) in [4.78, 5) is 11.8. The average Bonchev–Trinajstić information content (AvgIpc) is 2.53. The normalized spacial score (nSPS) is 20.2. The van der Waals surface area contributed by atoms with Gasteiger partial charge in [0, 0.05) is 19.6 Å². The summed E-state index contributed by atoms with van der Waals surface area (Å²) in [5.74, 6) is 0.465. The number of amides is 1. The molecule has 1 aliphatic rings. The summed E-state index contributed by atoms with van der Waals surface area (Å²) in [6.07, 6.45) is -1.26. The summed E-state index contributed by atoms with van der Waals surface area (Å²) < 4.78 is 10.4. The Morgan fingerprint density at radius 1 is 1.65 bits per heavy atom. The highest BCUT2D eigenvalue weighted by molar-refractivity contribution is 5.81. The predicted octanol–water partition coefficient (Wildman–Crippen LogP) is -0.167. The highest BCUT2D eigenvalue weighted by Crippen LogP contribution is 2.18. The minimum atomic E-state index is -0.773. The van der Waals surface area contributed by atoms with Gasteiger partial charge in [-0.1, -0.05) is 12.1 Å². The number of nitrogens with one attached hydrogen (secondary N) is 2. The Bertz CT molecular complexity index is 447. The number of methoxy groups -OCH3 is 1. The third kappa shape index (κ3) is 3.93. The molecule has 1 saturated heterocycles. The van der Waals surface area contributed by atoms with Crippen LogP contribution in [0.25, 0.3) is 0 Å². The molecule has 1 aromatic rings. The maximum atomic E-state index is 11.8. The van der Waals surface area contributed by atoms with E-state index in [2.05, 4.69) is 10.6 Å². The highest BCUT2D eigenvalue weighted by Gasteiger charge is 2.22. The van der Waals surface area contributed by atoms with Gasteiger partial charge in [-0.05, 0) is 17.7 Å². The van der Waals surface area contributed by atoms with Crippen molar-refractivity contribution >= 4 is 5.91 Å². The summed E-state index contributed by atoms with van der Waals surface area (Å²) in [5.41, 5.74) is 0.701. The molecule has 20 heavy (non-hydrogen) atoms. The van der Waals surface area contributed by atoms with Gasteiger partial charge in [-0.3, -0.25) is 4.79 Å². The zero-order chi connectivity index (χ0) is 14.4. The number of ether oxygens (including phenoxy) is 2. The van der Waals surface area contributed by atoms with Crippen LogP contribution in [-0.4, -0.2) is 50.5 Å². The van der Waals surface area contributed by atoms with Crippen molar-refractivity contribution in [2.24, 2.45) is 0 Å². The first-order valence-corrected chi connectivity index (χ1v) is 6.62. The van der Waals surface area contributed by atoms with E-state index in [1.807, 2.05) is 0 Å². The third-order valence-corrected chi connectivity index (χ3v) is 3.17.